The first-order valence-electron chi connectivity index (χ1n) is 11.1. The SMILES string of the molecule is [C-]#[N+]c1cnc2[nH]ccc2c1N(C)C1CCC(CS(=O)(=O)N2CCC(CNC)C2)CC1. The minimum absolute atomic E-state index is 0.211. The Morgan fingerprint density at radius 3 is 2.77 bits per heavy atom. The lowest BCUT2D eigenvalue weighted by atomic mass is 9.86. The minimum Gasteiger partial charge on any atom is -0.380 e. The number of fused-ring (bicyclic) bond motifs is 1. The first kappa shape index (κ1) is 22.1. The molecule has 0 spiro atoms. The Kier molecular flexibility index (Phi) is 6.51. The number of nitrogens with zero attached hydrogens (tertiary/aromatic N) is 4. The number of aromatic amines is 1. The molecule has 168 valence electrons. The Bertz CT molecular complexity index is 1050. The zero-order valence-electron chi connectivity index (χ0n) is 18.3. The van der Waals surface area contributed by atoms with Crippen LogP contribution in [0.3, 0.4) is 0 Å². The number of nitrogens with one attached hydrogen (secondary N) is 2. The van der Waals surface area contributed by atoms with E-state index in [0.29, 0.717) is 30.7 Å². The van der Waals surface area contributed by atoms with Gasteiger partial charge in [0.1, 0.15) is 5.65 Å². The van der Waals surface area contributed by atoms with Crippen LogP contribution in [0.5, 0.6) is 0 Å². The first-order valence-corrected chi connectivity index (χ1v) is 12.7. The van der Waals surface area contributed by atoms with Crippen molar-refractivity contribution in [3.8, 4) is 0 Å². The third-order valence-electron chi connectivity index (χ3n) is 6.96. The van der Waals surface area contributed by atoms with Gasteiger partial charge in [-0.15, -0.1) is 0 Å². The van der Waals surface area contributed by atoms with Gasteiger partial charge >= 0.3 is 0 Å². The third-order valence-corrected chi connectivity index (χ3v) is 8.97. The van der Waals surface area contributed by atoms with Crippen molar-refractivity contribution in [2.75, 3.05) is 44.4 Å². The standard InChI is InChI=1S/C22H32N6O2S/c1-23-12-17-9-11-28(14-17)31(29,30)15-16-4-6-18(7-5-16)27(3)21-19-8-10-25-22(19)26-13-20(21)24-2/h8,10,13,16-18,23H,4-7,9,11-12,14-15H2,1,3H3,(H,25,26). The topological polar surface area (TPSA) is 85.7 Å². The molecule has 1 saturated heterocycles. The minimum atomic E-state index is -3.19. The van der Waals surface area contributed by atoms with Crippen LogP contribution in [-0.4, -0.2) is 68.2 Å². The summed E-state index contributed by atoms with van der Waals surface area (Å²) in [5.41, 5.74) is 2.27. The van der Waals surface area contributed by atoms with Gasteiger partial charge in [-0.05, 0) is 63.6 Å². The van der Waals surface area contributed by atoms with Gasteiger partial charge in [0.15, 0.2) is 0 Å². The number of anilines is 1. The molecule has 2 aromatic rings. The van der Waals surface area contributed by atoms with E-state index in [0.717, 1.165) is 55.4 Å². The van der Waals surface area contributed by atoms with Crippen molar-refractivity contribution in [2.24, 2.45) is 11.8 Å². The molecule has 2 aliphatic rings. The van der Waals surface area contributed by atoms with E-state index < -0.39 is 10.0 Å². The van der Waals surface area contributed by atoms with Crippen LogP contribution in [0, 0.1) is 18.4 Å². The normalized spacial score (nSPS) is 25.0. The Balaban J connectivity index is 1.38. The van der Waals surface area contributed by atoms with Crippen molar-refractivity contribution in [1.29, 1.82) is 0 Å². The molecule has 0 aromatic carbocycles. The van der Waals surface area contributed by atoms with Gasteiger partial charge in [0.2, 0.25) is 15.7 Å². The molecule has 2 fully saturated rings. The van der Waals surface area contributed by atoms with Crippen molar-refractivity contribution in [1.82, 2.24) is 19.6 Å². The lowest BCUT2D eigenvalue weighted by Crippen LogP contribution is -2.39. The summed E-state index contributed by atoms with van der Waals surface area (Å²) in [6.45, 7) is 9.72. The fraction of sp³-hybridized carbons (Fsp3) is 0.636. The van der Waals surface area contributed by atoms with Gasteiger partial charge in [-0.1, -0.05) is 0 Å². The summed E-state index contributed by atoms with van der Waals surface area (Å²) < 4.78 is 27.6. The van der Waals surface area contributed by atoms with Crippen molar-refractivity contribution in [2.45, 2.75) is 38.1 Å². The van der Waals surface area contributed by atoms with E-state index in [9.17, 15) is 8.42 Å². The molecule has 31 heavy (non-hydrogen) atoms. The second kappa shape index (κ2) is 9.15. The Labute approximate surface area is 184 Å². The zero-order chi connectivity index (χ0) is 22.0. The van der Waals surface area contributed by atoms with Crippen molar-refractivity contribution in [3.63, 3.8) is 0 Å². The molecule has 0 radical (unpaired) electrons. The second-order valence-corrected chi connectivity index (χ2v) is 11.0. The van der Waals surface area contributed by atoms with Crippen LogP contribution in [-0.2, 0) is 10.0 Å². The summed E-state index contributed by atoms with van der Waals surface area (Å²) in [7, 11) is 0.770. The van der Waals surface area contributed by atoms with E-state index in [1.165, 1.54) is 0 Å². The average molecular weight is 445 g/mol. The first-order chi connectivity index (χ1) is 14.9. The quantitative estimate of drug-likeness (QED) is 0.642. The molecule has 0 amide bonds. The highest BCUT2D eigenvalue weighted by Gasteiger charge is 2.34. The van der Waals surface area contributed by atoms with E-state index >= 15 is 0 Å². The molecular formula is C22H32N6O2S. The average Bonchev–Trinajstić information content (AvgIpc) is 3.43. The number of aromatic nitrogens is 2. The van der Waals surface area contributed by atoms with Gasteiger partial charge in [0.05, 0.1) is 18.0 Å². The Hall–Kier alpha value is -2.15. The fourth-order valence-corrected chi connectivity index (χ4v) is 7.19. The van der Waals surface area contributed by atoms with Crippen LogP contribution >= 0.6 is 0 Å². The summed E-state index contributed by atoms with van der Waals surface area (Å²) in [4.78, 5) is 13.4. The van der Waals surface area contributed by atoms with Gasteiger partial charge in [0, 0.05) is 44.0 Å². The number of H-pyrrole nitrogens is 1. The Morgan fingerprint density at radius 1 is 1.29 bits per heavy atom. The van der Waals surface area contributed by atoms with Crippen LogP contribution in [0.1, 0.15) is 32.1 Å². The maximum Gasteiger partial charge on any atom is 0.228 e. The molecule has 1 aliphatic heterocycles. The van der Waals surface area contributed by atoms with Crippen LogP contribution in [0.4, 0.5) is 11.4 Å². The number of hydrogen-bond donors (Lipinski definition) is 2. The van der Waals surface area contributed by atoms with E-state index in [2.05, 4.69) is 25.0 Å². The van der Waals surface area contributed by atoms with Gasteiger partial charge in [-0.2, -0.15) is 0 Å². The fourth-order valence-electron chi connectivity index (χ4n) is 5.23. The highest BCUT2D eigenvalue weighted by atomic mass is 32.2. The largest absolute Gasteiger partial charge is 0.380 e. The van der Waals surface area contributed by atoms with Crippen LogP contribution in [0.15, 0.2) is 18.5 Å². The summed E-state index contributed by atoms with van der Waals surface area (Å²) in [6, 6.07) is 2.27. The number of pyridine rings is 1. The molecule has 4 rings (SSSR count). The summed E-state index contributed by atoms with van der Waals surface area (Å²) in [5, 5.41) is 4.12. The zero-order valence-corrected chi connectivity index (χ0v) is 19.2. The summed E-state index contributed by atoms with van der Waals surface area (Å²) >= 11 is 0. The van der Waals surface area contributed by atoms with Crippen molar-refractivity contribution < 1.29 is 8.42 Å². The lowest BCUT2D eigenvalue weighted by molar-refractivity contribution is 0.336. The van der Waals surface area contributed by atoms with E-state index in [-0.39, 0.29) is 11.7 Å². The molecule has 2 N–H and O–H groups in total. The van der Waals surface area contributed by atoms with Crippen LogP contribution < -0.4 is 10.2 Å². The molecule has 1 saturated carbocycles. The maximum atomic E-state index is 12.9. The summed E-state index contributed by atoms with van der Waals surface area (Å²) in [5.74, 6) is 0.898. The van der Waals surface area contributed by atoms with Gasteiger partial charge in [-0.25, -0.2) is 17.6 Å². The molecule has 9 heteroatoms. The Morgan fingerprint density at radius 2 is 2.06 bits per heavy atom. The van der Waals surface area contributed by atoms with Gasteiger partial charge in [0.25, 0.3) is 0 Å². The molecule has 2 aromatic heterocycles. The van der Waals surface area contributed by atoms with Crippen molar-refractivity contribution in [3.05, 3.63) is 29.9 Å². The smallest absolute Gasteiger partial charge is 0.228 e. The highest BCUT2D eigenvalue weighted by molar-refractivity contribution is 7.89. The molecule has 1 aliphatic carbocycles. The molecule has 0 bridgehead atoms. The second-order valence-electron chi connectivity index (χ2n) is 8.98. The highest BCUT2D eigenvalue weighted by Crippen LogP contribution is 2.39. The maximum absolute atomic E-state index is 12.9. The molecule has 1 unspecified atom stereocenters. The molecule has 3 heterocycles. The predicted molar refractivity (Wildman–Crippen MR) is 124 cm³/mol. The monoisotopic (exact) mass is 444 g/mol. The van der Waals surface area contributed by atoms with Gasteiger partial charge < -0.3 is 15.2 Å². The van der Waals surface area contributed by atoms with E-state index in [4.69, 9.17) is 6.57 Å². The third kappa shape index (κ3) is 4.56. The molecule has 1 atom stereocenters. The van der Waals surface area contributed by atoms with E-state index in [1.54, 1.807) is 10.5 Å². The predicted octanol–water partition coefficient (Wildman–Crippen LogP) is 2.98. The number of sulfonamides is 1. The molecule has 8 nitrogen and oxygen atoms in total. The number of hydrogen-bond acceptors (Lipinski definition) is 5. The van der Waals surface area contributed by atoms with E-state index in [1.807, 2.05) is 26.4 Å². The molecular weight excluding hydrogens is 412 g/mol. The van der Waals surface area contributed by atoms with Crippen molar-refractivity contribution >= 4 is 32.4 Å². The van der Waals surface area contributed by atoms with Crippen LogP contribution in [0.25, 0.3) is 15.9 Å². The van der Waals surface area contributed by atoms with Crippen LogP contribution in [0.2, 0.25) is 0 Å². The lowest BCUT2D eigenvalue weighted by Gasteiger charge is -2.37. The number of rotatable bonds is 7. The van der Waals surface area contributed by atoms with Gasteiger partial charge in [-0.3, -0.25) is 4.98 Å². The summed E-state index contributed by atoms with van der Waals surface area (Å²) in [6.07, 6.45) is 8.10.